The summed E-state index contributed by atoms with van der Waals surface area (Å²) in [4.78, 5) is 0. The van der Waals surface area contributed by atoms with Crippen molar-refractivity contribution in [2.75, 3.05) is 13.2 Å². The molecule has 0 bridgehead atoms. The molecule has 6 heteroatoms. The Morgan fingerprint density at radius 2 is 1.62 bits per heavy atom. The van der Waals surface area contributed by atoms with Gasteiger partial charge in [0, 0.05) is 22.7 Å². The number of ether oxygens (including phenoxy) is 2. The van der Waals surface area contributed by atoms with Crippen LogP contribution < -0.4 is 9.47 Å². The number of fused-ring (bicyclic) bond motifs is 1. The highest BCUT2D eigenvalue weighted by Crippen LogP contribution is 2.42. The molecule has 21 heavy (non-hydrogen) atoms. The zero-order chi connectivity index (χ0) is 15.0. The summed E-state index contributed by atoms with van der Waals surface area (Å²) in [5.74, 6) is -0.346. The van der Waals surface area contributed by atoms with Gasteiger partial charge < -0.3 is 9.47 Å². The first kappa shape index (κ1) is 14.4. The number of rotatable bonds is 2. The van der Waals surface area contributed by atoms with E-state index in [0.29, 0.717) is 35.3 Å². The van der Waals surface area contributed by atoms with Crippen LogP contribution in [0.15, 0.2) is 30.3 Å². The minimum absolute atomic E-state index is 0.150. The predicted molar refractivity (Wildman–Crippen MR) is 76.5 cm³/mol. The standard InChI is InChI=1S/C15H10Cl2F2O2/c16-11-7-14-13(20-3-4-21-14)6-10(11)15(17)9-2-1-8(18)5-12(9)19/h1-2,5-7,15H,3-4H2. The van der Waals surface area contributed by atoms with E-state index < -0.39 is 17.0 Å². The molecule has 0 saturated heterocycles. The molecule has 1 aliphatic rings. The molecule has 0 aliphatic carbocycles. The van der Waals surface area contributed by atoms with E-state index in [-0.39, 0.29) is 5.56 Å². The summed E-state index contributed by atoms with van der Waals surface area (Å²) in [6.07, 6.45) is 0. The van der Waals surface area contributed by atoms with E-state index in [9.17, 15) is 8.78 Å². The Bertz CT molecular complexity index is 692. The molecule has 110 valence electrons. The average Bonchev–Trinajstić information content (AvgIpc) is 2.46. The SMILES string of the molecule is Fc1ccc(C(Cl)c2cc3c(cc2Cl)OCCO3)c(F)c1. The molecule has 1 aliphatic heterocycles. The van der Waals surface area contributed by atoms with Gasteiger partial charge in [0.05, 0.1) is 5.38 Å². The first-order valence-corrected chi connectivity index (χ1v) is 7.06. The van der Waals surface area contributed by atoms with Crippen LogP contribution in [0.1, 0.15) is 16.5 Å². The molecule has 2 aromatic carbocycles. The maximum Gasteiger partial charge on any atom is 0.162 e. The summed E-state index contributed by atoms with van der Waals surface area (Å²) in [5, 5.41) is -0.517. The van der Waals surface area contributed by atoms with E-state index in [4.69, 9.17) is 32.7 Å². The van der Waals surface area contributed by atoms with Gasteiger partial charge in [0.2, 0.25) is 0 Å². The summed E-state index contributed by atoms with van der Waals surface area (Å²) in [7, 11) is 0. The van der Waals surface area contributed by atoms with E-state index in [1.807, 2.05) is 0 Å². The lowest BCUT2D eigenvalue weighted by atomic mass is 10.0. The summed E-state index contributed by atoms with van der Waals surface area (Å²) in [5.41, 5.74) is 0.629. The number of benzene rings is 2. The van der Waals surface area contributed by atoms with Gasteiger partial charge in [-0.3, -0.25) is 0 Å². The second-order valence-electron chi connectivity index (χ2n) is 4.55. The van der Waals surface area contributed by atoms with Crippen LogP contribution in [0.3, 0.4) is 0 Å². The fourth-order valence-electron chi connectivity index (χ4n) is 2.15. The third-order valence-corrected chi connectivity index (χ3v) is 3.97. The van der Waals surface area contributed by atoms with Crippen molar-refractivity contribution in [3.63, 3.8) is 0 Å². The Hall–Kier alpha value is -1.52. The van der Waals surface area contributed by atoms with Crippen LogP contribution in [0.4, 0.5) is 8.78 Å². The lowest BCUT2D eigenvalue weighted by Crippen LogP contribution is -2.15. The summed E-state index contributed by atoms with van der Waals surface area (Å²) in [6, 6.07) is 6.45. The molecule has 2 nitrogen and oxygen atoms in total. The second kappa shape index (κ2) is 5.70. The molecular formula is C15H10Cl2F2O2. The summed E-state index contributed by atoms with van der Waals surface area (Å²) in [6.45, 7) is 0.867. The first-order chi connectivity index (χ1) is 10.1. The molecule has 1 heterocycles. The molecule has 0 fully saturated rings. The quantitative estimate of drug-likeness (QED) is 0.742. The van der Waals surface area contributed by atoms with Crippen LogP contribution in [-0.4, -0.2) is 13.2 Å². The molecule has 0 N–H and O–H groups in total. The monoisotopic (exact) mass is 330 g/mol. The summed E-state index contributed by atoms with van der Waals surface area (Å²) >= 11 is 12.5. The molecule has 1 unspecified atom stereocenters. The lowest BCUT2D eigenvalue weighted by molar-refractivity contribution is 0.171. The number of hydrogen-bond donors (Lipinski definition) is 0. The van der Waals surface area contributed by atoms with E-state index in [2.05, 4.69) is 0 Å². The maximum atomic E-state index is 13.8. The van der Waals surface area contributed by atoms with E-state index >= 15 is 0 Å². The molecule has 2 aromatic rings. The van der Waals surface area contributed by atoms with Crippen molar-refractivity contribution < 1.29 is 18.3 Å². The fraction of sp³-hybridized carbons (Fsp3) is 0.200. The molecule has 0 aromatic heterocycles. The van der Waals surface area contributed by atoms with Gasteiger partial charge in [0.1, 0.15) is 24.8 Å². The smallest absolute Gasteiger partial charge is 0.162 e. The van der Waals surface area contributed by atoms with Gasteiger partial charge in [-0.2, -0.15) is 0 Å². The highest BCUT2D eigenvalue weighted by Gasteiger charge is 2.22. The number of alkyl halides is 1. The van der Waals surface area contributed by atoms with Crippen molar-refractivity contribution in [1.82, 2.24) is 0 Å². The highest BCUT2D eigenvalue weighted by molar-refractivity contribution is 6.33. The summed E-state index contributed by atoms with van der Waals surface area (Å²) < 4.78 is 37.7. The average molecular weight is 331 g/mol. The minimum Gasteiger partial charge on any atom is -0.486 e. The van der Waals surface area contributed by atoms with Crippen LogP contribution in [0.2, 0.25) is 5.02 Å². The van der Waals surface area contributed by atoms with Crippen molar-refractivity contribution in [2.24, 2.45) is 0 Å². The van der Waals surface area contributed by atoms with E-state index in [1.165, 1.54) is 6.07 Å². The van der Waals surface area contributed by atoms with Gasteiger partial charge in [0.25, 0.3) is 0 Å². The zero-order valence-electron chi connectivity index (χ0n) is 10.7. The van der Waals surface area contributed by atoms with Crippen LogP contribution in [-0.2, 0) is 0 Å². The molecule has 0 spiro atoms. The Morgan fingerprint density at radius 3 is 2.29 bits per heavy atom. The number of halogens is 4. The molecular weight excluding hydrogens is 321 g/mol. The van der Waals surface area contributed by atoms with E-state index in [1.54, 1.807) is 12.1 Å². The molecule has 0 amide bonds. The Morgan fingerprint density at radius 1 is 0.952 bits per heavy atom. The van der Waals surface area contributed by atoms with Gasteiger partial charge >= 0.3 is 0 Å². The van der Waals surface area contributed by atoms with E-state index in [0.717, 1.165) is 12.1 Å². The number of hydrogen-bond acceptors (Lipinski definition) is 2. The van der Waals surface area contributed by atoms with Crippen molar-refractivity contribution in [1.29, 1.82) is 0 Å². The van der Waals surface area contributed by atoms with Crippen LogP contribution in [0, 0.1) is 11.6 Å². The van der Waals surface area contributed by atoms with Crippen molar-refractivity contribution in [3.8, 4) is 11.5 Å². The van der Waals surface area contributed by atoms with Gasteiger partial charge in [-0.25, -0.2) is 8.78 Å². The largest absolute Gasteiger partial charge is 0.486 e. The first-order valence-electron chi connectivity index (χ1n) is 6.24. The molecule has 0 saturated carbocycles. The third-order valence-electron chi connectivity index (χ3n) is 3.17. The van der Waals surface area contributed by atoms with Crippen LogP contribution in [0.25, 0.3) is 0 Å². The van der Waals surface area contributed by atoms with Crippen molar-refractivity contribution in [2.45, 2.75) is 5.38 Å². The second-order valence-corrected chi connectivity index (χ2v) is 5.39. The van der Waals surface area contributed by atoms with Crippen LogP contribution in [0.5, 0.6) is 11.5 Å². The fourth-order valence-corrected chi connectivity index (χ4v) is 2.82. The normalized spacial score (nSPS) is 14.9. The predicted octanol–water partition coefficient (Wildman–Crippen LogP) is 4.72. The van der Waals surface area contributed by atoms with Gasteiger partial charge in [-0.1, -0.05) is 17.7 Å². The highest BCUT2D eigenvalue weighted by atomic mass is 35.5. The van der Waals surface area contributed by atoms with Crippen molar-refractivity contribution >= 4 is 23.2 Å². The van der Waals surface area contributed by atoms with Gasteiger partial charge in [-0.05, 0) is 17.7 Å². The lowest BCUT2D eigenvalue weighted by Gasteiger charge is -2.21. The Labute approximate surface area is 130 Å². The third kappa shape index (κ3) is 2.78. The molecule has 1 atom stereocenters. The minimum atomic E-state index is -0.853. The Balaban J connectivity index is 2.03. The topological polar surface area (TPSA) is 18.5 Å². The van der Waals surface area contributed by atoms with Gasteiger partial charge in [0.15, 0.2) is 11.5 Å². The molecule has 3 rings (SSSR count). The van der Waals surface area contributed by atoms with Gasteiger partial charge in [-0.15, -0.1) is 11.6 Å². The zero-order valence-corrected chi connectivity index (χ0v) is 12.2. The Kier molecular flexibility index (Phi) is 3.91. The van der Waals surface area contributed by atoms with Crippen LogP contribution >= 0.6 is 23.2 Å². The maximum absolute atomic E-state index is 13.8. The molecule has 0 radical (unpaired) electrons. The van der Waals surface area contributed by atoms with Crippen molar-refractivity contribution in [3.05, 3.63) is 58.1 Å².